The summed E-state index contributed by atoms with van der Waals surface area (Å²) < 4.78 is 16.9. The summed E-state index contributed by atoms with van der Waals surface area (Å²) in [6, 6.07) is 14.4. The zero-order valence-electron chi connectivity index (χ0n) is 19.8. The predicted octanol–water partition coefficient (Wildman–Crippen LogP) is 5.19. The fourth-order valence-corrected chi connectivity index (χ4v) is 6.04. The number of rotatable bonds is 5. The largest absolute Gasteiger partial charge is 0.494 e. The van der Waals surface area contributed by atoms with E-state index in [1.54, 1.807) is 6.92 Å². The summed E-state index contributed by atoms with van der Waals surface area (Å²) in [6.45, 7) is 5.38. The Balaban J connectivity index is 1.72. The highest BCUT2D eigenvalue weighted by Crippen LogP contribution is 2.48. The van der Waals surface area contributed by atoms with E-state index >= 15 is 0 Å². The lowest BCUT2D eigenvalue weighted by Gasteiger charge is -2.21. The summed E-state index contributed by atoms with van der Waals surface area (Å²) >= 11 is 0. The highest BCUT2D eigenvalue weighted by Gasteiger charge is 2.35. The molecule has 0 radical (unpaired) electrons. The smallest absolute Gasteiger partial charge is 0.252 e. The first-order valence-corrected chi connectivity index (χ1v) is 12.3. The molecule has 2 aliphatic rings. The SMILES string of the molecule is CCCOc1ccc2c(c1)c1c3c(c4c5ccccc5n5c4c1n2C(C[C@@H](C)O)OC5)CNC3=O. The number of carbonyl (C=O) groups excluding carboxylic acids is 1. The minimum absolute atomic E-state index is 0.0464. The van der Waals surface area contributed by atoms with Gasteiger partial charge in [0.05, 0.1) is 40.3 Å². The summed E-state index contributed by atoms with van der Waals surface area (Å²) in [5.41, 5.74) is 5.90. The summed E-state index contributed by atoms with van der Waals surface area (Å²) in [5.74, 6) is 0.742. The van der Waals surface area contributed by atoms with Gasteiger partial charge in [0, 0.05) is 34.5 Å². The fraction of sp³-hybridized carbons (Fsp3) is 0.321. The number of nitrogens with zero attached hydrogens (tertiary/aromatic N) is 2. The van der Waals surface area contributed by atoms with Gasteiger partial charge >= 0.3 is 0 Å². The maximum absolute atomic E-state index is 13.3. The standard InChI is InChI=1S/C28H27N3O4/c1-3-10-34-16-8-9-21-18(12-16)24-25-19(13-29-28(25)33)23-17-6-4-5-7-20(17)30-14-35-22(11-15(2)32)31(21)27(24)26(23)30/h4-9,12,15,22,32H,3,10-11,13-14H2,1-2H3,(H,29,33)/t15-,22?/m1/s1. The number of aromatic nitrogens is 2. The van der Waals surface area contributed by atoms with Crippen molar-refractivity contribution in [2.45, 2.75) is 52.3 Å². The van der Waals surface area contributed by atoms with Gasteiger partial charge < -0.3 is 29.0 Å². The van der Waals surface area contributed by atoms with Crippen molar-refractivity contribution in [2.75, 3.05) is 6.61 Å². The normalized spacial score (nSPS) is 18.0. The Morgan fingerprint density at radius 3 is 2.83 bits per heavy atom. The molecule has 2 aromatic heterocycles. The maximum Gasteiger partial charge on any atom is 0.252 e. The number of aliphatic hydroxyl groups excluding tert-OH is 1. The maximum atomic E-state index is 13.3. The Labute approximate surface area is 201 Å². The van der Waals surface area contributed by atoms with Gasteiger partial charge in [-0.3, -0.25) is 4.79 Å². The number of benzene rings is 3. The summed E-state index contributed by atoms with van der Waals surface area (Å²) in [6.07, 6.45) is 0.451. The minimum atomic E-state index is -0.540. The van der Waals surface area contributed by atoms with Gasteiger partial charge in [0.2, 0.25) is 0 Å². The molecule has 2 N–H and O–H groups in total. The van der Waals surface area contributed by atoms with E-state index in [4.69, 9.17) is 9.47 Å². The van der Waals surface area contributed by atoms with E-state index in [0.717, 1.165) is 66.9 Å². The molecule has 3 aromatic carbocycles. The highest BCUT2D eigenvalue weighted by atomic mass is 16.5. The Kier molecular flexibility index (Phi) is 4.44. The lowest BCUT2D eigenvalue weighted by atomic mass is 9.97. The molecule has 1 unspecified atom stereocenters. The zero-order chi connectivity index (χ0) is 23.8. The fourth-order valence-electron chi connectivity index (χ4n) is 6.04. The van der Waals surface area contributed by atoms with Crippen LogP contribution in [0.5, 0.6) is 5.75 Å². The van der Waals surface area contributed by atoms with Crippen LogP contribution in [0, 0.1) is 0 Å². The van der Waals surface area contributed by atoms with E-state index in [2.05, 4.69) is 45.6 Å². The van der Waals surface area contributed by atoms with Gasteiger partial charge in [-0.2, -0.15) is 0 Å². The first-order chi connectivity index (χ1) is 17.1. The van der Waals surface area contributed by atoms with Gasteiger partial charge in [0.15, 0.2) is 0 Å². The lowest BCUT2D eigenvalue weighted by Crippen LogP contribution is -2.17. The first kappa shape index (κ1) is 20.8. The number of aliphatic hydroxyl groups is 1. The molecule has 4 heterocycles. The number of hydrogen-bond acceptors (Lipinski definition) is 4. The van der Waals surface area contributed by atoms with Crippen molar-refractivity contribution in [3.8, 4) is 5.75 Å². The van der Waals surface area contributed by atoms with Crippen LogP contribution in [0.3, 0.4) is 0 Å². The second kappa shape index (κ2) is 7.47. The monoisotopic (exact) mass is 469 g/mol. The van der Waals surface area contributed by atoms with E-state index < -0.39 is 6.10 Å². The van der Waals surface area contributed by atoms with Crippen LogP contribution in [0.15, 0.2) is 42.5 Å². The van der Waals surface area contributed by atoms with Gasteiger partial charge in [0.1, 0.15) is 18.7 Å². The molecule has 0 fully saturated rings. The van der Waals surface area contributed by atoms with E-state index in [9.17, 15) is 9.90 Å². The number of fused-ring (bicyclic) bond motifs is 9. The molecule has 1 amide bonds. The molecule has 7 nitrogen and oxygen atoms in total. The molecule has 0 saturated heterocycles. The van der Waals surface area contributed by atoms with Crippen molar-refractivity contribution in [1.82, 2.24) is 14.5 Å². The molecule has 0 spiro atoms. The number of carbonyl (C=O) groups is 1. The number of nitrogens with one attached hydrogen (secondary N) is 1. The van der Waals surface area contributed by atoms with Crippen LogP contribution in [0.1, 0.15) is 48.8 Å². The third-order valence-corrected chi connectivity index (χ3v) is 7.38. The van der Waals surface area contributed by atoms with Crippen LogP contribution in [-0.4, -0.2) is 32.9 Å². The molecular formula is C28H27N3O4. The molecule has 0 bridgehead atoms. The predicted molar refractivity (Wildman–Crippen MR) is 136 cm³/mol. The third kappa shape index (κ3) is 2.76. The van der Waals surface area contributed by atoms with E-state index in [1.807, 2.05) is 18.2 Å². The quantitative estimate of drug-likeness (QED) is 0.371. The van der Waals surface area contributed by atoms with Crippen LogP contribution in [0.2, 0.25) is 0 Å². The molecule has 0 saturated carbocycles. The van der Waals surface area contributed by atoms with Crippen molar-refractivity contribution in [3.63, 3.8) is 0 Å². The van der Waals surface area contributed by atoms with E-state index in [0.29, 0.717) is 26.3 Å². The molecule has 178 valence electrons. The highest BCUT2D eigenvalue weighted by molar-refractivity contribution is 6.30. The minimum Gasteiger partial charge on any atom is -0.494 e. The Morgan fingerprint density at radius 1 is 1.14 bits per heavy atom. The molecule has 2 aliphatic heterocycles. The number of ether oxygens (including phenoxy) is 2. The number of hydrogen-bond donors (Lipinski definition) is 2. The zero-order valence-corrected chi connectivity index (χ0v) is 19.8. The number of amides is 1. The van der Waals surface area contributed by atoms with Gasteiger partial charge in [0.25, 0.3) is 5.91 Å². The van der Waals surface area contributed by atoms with Crippen LogP contribution in [-0.2, 0) is 18.0 Å². The Hall–Kier alpha value is -3.55. The molecular weight excluding hydrogens is 442 g/mol. The van der Waals surface area contributed by atoms with Crippen molar-refractivity contribution in [3.05, 3.63) is 53.6 Å². The summed E-state index contributed by atoms with van der Waals surface area (Å²) in [5, 5.41) is 17.6. The third-order valence-electron chi connectivity index (χ3n) is 7.38. The summed E-state index contributed by atoms with van der Waals surface area (Å²) in [4.78, 5) is 13.3. The van der Waals surface area contributed by atoms with E-state index in [1.165, 1.54) is 0 Å². The van der Waals surface area contributed by atoms with Gasteiger partial charge in [-0.05, 0) is 43.2 Å². The van der Waals surface area contributed by atoms with Crippen LogP contribution in [0.25, 0.3) is 43.6 Å². The summed E-state index contributed by atoms with van der Waals surface area (Å²) in [7, 11) is 0. The van der Waals surface area contributed by atoms with E-state index in [-0.39, 0.29) is 12.1 Å². The molecule has 7 rings (SSSR count). The second-order valence-electron chi connectivity index (χ2n) is 9.66. The molecule has 0 aliphatic carbocycles. The van der Waals surface area contributed by atoms with Crippen LogP contribution < -0.4 is 10.1 Å². The number of para-hydroxylation sites is 1. The topological polar surface area (TPSA) is 77.7 Å². The lowest BCUT2D eigenvalue weighted by molar-refractivity contribution is -0.0507. The van der Waals surface area contributed by atoms with Crippen LogP contribution >= 0.6 is 0 Å². The van der Waals surface area contributed by atoms with Crippen molar-refractivity contribution in [2.24, 2.45) is 0 Å². The van der Waals surface area contributed by atoms with Gasteiger partial charge in [-0.1, -0.05) is 25.1 Å². The molecule has 7 heteroatoms. The van der Waals surface area contributed by atoms with Crippen molar-refractivity contribution in [1.29, 1.82) is 0 Å². The average Bonchev–Trinajstić information content (AvgIpc) is 3.46. The van der Waals surface area contributed by atoms with Gasteiger partial charge in [-0.15, -0.1) is 0 Å². The van der Waals surface area contributed by atoms with Crippen molar-refractivity contribution < 1.29 is 19.4 Å². The molecule has 2 atom stereocenters. The molecule has 5 aromatic rings. The Morgan fingerprint density at radius 2 is 2.00 bits per heavy atom. The Bertz CT molecular complexity index is 1680. The second-order valence-corrected chi connectivity index (χ2v) is 9.66. The average molecular weight is 470 g/mol. The van der Waals surface area contributed by atoms with Crippen molar-refractivity contribution >= 4 is 49.5 Å². The van der Waals surface area contributed by atoms with Crippen LogP contribution in [0.4, 0.5) is 0 Å². The molecule has 35 heavy (non-hydrogen) atoms. The first-order valence-electron chi connectivity index (χ1n) is 12.3. The van der Waals surface area contributed by atoms with Gasteiger partial charge in [-0.25, -0.2) is 0 Å².